The molecule has 0 spiro atoms. The topological polar surface area (TPSA) is 28.9 Å². The fourth-order valence-corrected chi connectivity index (χ4v) is 2.06. The molecular formula is C15H14FN2O+. The first kappa shape index (κ1) is 11.7. The maximum atomic E-state index is 13.4. The number of rotatable bonds is 4. The number of aromatic amines is 1. The second-order valence-electron chi connectivity index (χ2n) is 4.26. The van der Waals surface area contributed by atoms with Gasteiger partial charge in [0.25, 0.3) is 0 Å². The molecule has 3 nitrogen and oxygen atoms in total. The summed E-state index contributed by atoms with van der Waals surface area (Å²) < 4.78 is 20.9. The molecule has 0 unspecified atom stereocenters. The summed E-state index contributed by atoms with van der Waals surface area (Å²) in [6.07, 6.45) is 1.90. The third-order valence-electron chi connectivity index (χ3n) is 3.02. The number of imidazole rings is 1. The Kier molecular flexibility index (Phi) is 3.14. The highest BCUT2D eigenvalue weighted by molar-refractivity contribution is 5.70. The number of hydrogen-bond donors (Lipinski definition) is 1. The zero-order valence-corrected chi connectivity index (χ0v) is 10.3. The van der Waals surface area contributed by atoms with Gasteiger partial charge in [-0.2, -0.15) is 0 Å². The van der Waals surface area contributed by atoms with Crippen molar-refractivity contribution >= 4 is 11.0 Å². The summed E-state index contributed by atoms with van der Waals surface area (Å²) in [6.45, 7) is 1.09. The average molecular weight is 257 g/mol. The molecule has 0 atom stereocenters. The van der Waals surface area contributed by atoms with E-state index in [0.29, 0.717) is 18.9 Å². The van der Waals surface area contributed by atoms with Crippen LogP contribution in [0.4, 0.5) is 4.39 Å². The van der Waals surface area contributed by atoms with E-state index in [1.807, 2.05) is 30.6 Å². The van der Waals surface area contributed by atoms with Crippen molar-refractivity contribution in [1.82, 2.24) is 4.98 Å². The van der Waals surface area contributed by atoms with Crippen molar-refractivity contribution < 1.29 is 13.7 Å². The van der Waals surface area contributed by atoms with Gasteiger partial charge in [-0.25, -0.2) is 13.9 Å². The molecule has 19 heavy (non-hydrogen) atoms. The fourth-order valence-electron chi connectivity index (χ4n) is 2.06. The molecule has 3 aromatic rings. The van der Waals surface area contributed by atoms with Crippen molar-refractivity contribution in [3.8, 4) is 5.75 Å². The Bertz CT molecular complexity index is 693. The lowest BCUT2D eigenvalue weighted by atomic mass is 10.3. The van der Waals surface area contributed by atoms with Gasteiger partial charge in [0.05, 0.1) is 0 Å². The molecule has 2 aromatic carbocycles. The van der Waals surface area contributed by atoms with Gasteiger partial charge in [0.15, 0.2) is 22.6 Å². The summed E-state index contributed by atoms with van der Waals surface area (Å²) in [7, 11) is 0. The van der Waals surface area contributed by atoms with E-state index >= 15 is 0 Å². The Morgan fingerprint density at radius 1 is 1.05 bits per heavy atom. The maximum absolute atomic E-state index is 13.4. The smallest absolute Gasteiger partial charge is 0.242 e. The van der Waals surface area contributed by atoms with Gasteiger partial charge in [0.2, 0.25) is 6.33 Å². The first-order chi connectivity index (χ1) is 9.34. The summed E-state index contributed by atoms with van der Waals surface area (Å²) in [6, 6.07) is 14.5. The van der Waals surface area contributed by atoms with Crippen molar-refractivity contribution in [3.05, 3.63) is 60.7 Å². The molecule has 0 saturated carbocycles. The molecule has 0 aliphatic rings. The predicted octanol–water partition coefficient (Wildman–Crippen LogP) is 2.67. The number of halogens is 1. The first-order valence-corrected chi connectivity index (χ1v) is 6.17. The highest BCUT2D eigenvalue weighted by atomic mass is 19.1. The number of ether oxygens (including phenoxy) is 1. The summed E-state index contributed by atoms with van der Waals surface area (Å²) in [5.74, 6) is -0.0330. The van der Waals surface area contributed by atoms with Gasteiger partial charge in [-0.3, -0.25) is 0 Å². The summed E-state index contributed by atoms with van der Waals surface area (Å²) in [5, 5.41) is 0. The van der Waals surface area contributed by atoms with Gasteiger partial charge in [-0.05, 0) is 24.3 Å². The fraction of sp³-hybridized carbons (Fsp3) is 0.133. The van der Waals surface area contributed by atoms with Gasteiger partial charge in [-0.15, -0.1) is 0 Å². The third-order valence-corrected chi connectivity index (χ3v) is 3.02. The van der Waals surface area contributed by atoms with Crippen LogP contribution in [0.5, 0.6) is 5.75 Å². The SMILES string of the molecule is Fc1ccccc1OCC[n+]1c[nH]c2ccccc21. The van der Waals surface area contributed by atoms with Crippen LogP contribution in [0.25, 0.3) is 11.0 Å². The van der Waals surface area contributed by atoms with E-state index in [0.717, 1.165) is 11.0 Å². The average Bonchev–Trinajstić information content (AvgIpc) is 2.85. The summed E-state index contributed by atoms with van der Waals surface area (Å²) in [4.78, 5) is 3.18. The van der Waals surface area contributed by atoms with Crippen molar-refractivity contribution in [3.63, 3.8) is 0 Å². The van der Waals surface area contributed by atoms with Gasteiger partial charge >= 0.3 is 0 Å². The molecule has 1 heterocycles. The molecule has 3 rings (SSSR count). The molecule has 0 fully saturated rings. The maximum Gasteiger partial charge on any atom is 0.242 e. The first-order valence-electron chi connectivity index (χ1n) is 6.17. The minimum atomic E-state index is -0.327. The molecule has 0 bridgehead atoms. The molecule has 96 valence electrons. The second-order valence-corrected chi connectivity index (χ2v) is 4.26. The van der Waals surface area contributed by atoms with E-state index in [1.54, 1.807) is 18.2 Å². The van der Waals surface area contributed by atoms with Crippen LogP contribution in [0.3, 0.4) is 0 Å². The van der Waals surface area contributed by atoms with Crippen molar-refractivity contribution in [1.29, 1.82) is 0 Å². The highest BCUT2D eigenvalue weighted by Crippen LogP contribution is 2.15. The van der Waals surface area contributed by atoms with Crippen molar-refractivity contribution in [2.45, 2.75) is 6.54 Å². The molecule has 0 saturated heterocycles. The van der Waals surface area contributed by atoms with E-state index in [-0.39, 0.29) is 5.82 Å². The van der Waals surface area contributed by atoms with Crippen molar-refractivity contribution in [2.75, 3.05) is 6.61 Å². The second kappa shape index (κ2) is 5.10. The lowest BCUT2D eigenvalue weighted by Crippen LogP contribution is -2.35. The summed E-state index contributed by atoms with van der Waals surface area (Å²) >= 11 is 0. The Morgan fingerprint density at radius 2 is 1.84 bits per heavy atom. The number of para-hydroxylation sites is 3. The van der Waals surface area contributed by atoms with Gasteiger partial charge in [0, 0.05) is 0 Å². The Morgan fingerprint density at radius 3 is 2.74 bits per heavy atom. The molecule has 0 aliphatic carbocycles. The number of nitrogens with zero attached hydrogens (tertiary/aromatic N) is 1. The molecule has 0 aliphatic heterocycles. The molecule has 1 N–H and O–H groups in total. The van der Waals surface area contributed by atoms with E-state index in [1.165, 1.54) is 6.07 Å². The van der Waals surface area contributed by atoms with E-state index in [4.69, 9.17) is 4.74 Å². The van der Waals surface area contributed by atoms with Crippen LogP contribution in [0, 0.1) is 5.82 Å². The number of benzene rings is 2. The predicted molar refractivity (Wildman–Crippen MR) is 70.4 cm³/mol. The standard InChI is InChI=1S/C15H13FN2O/c16-12-5-1-4-8-15(12)19-10-9-18-11-17-13-6-2-3-7-14(13)18/h1-8,11H,9-10H2/p+1. The quantitative estimate of drug-likeness (QED) is 0.715. The van der Waals surface area contributed by atoms with Gasteiger partial charge in [0.1, 0.15) is 13.2 Å². The van der Waals surface area contributed by atoms with Gasteiger partial charge in [-0.1, -0.05) is 24.3 Å². The third kappa shape index (κ3) is 2.42. The van der Waals surface area contributed by atoms with Crippen LogP contribution >= 0.6 is 0 Å². The molecule has 0 radical (unpaired) electrons. The van der Waals surface area contributed by atoms with Crippen LogP contribution in [-0.4, -0.2) is 11.6 Å². The summed E-state index contributed by atoms with van der Waals surface area (Å²) in [5.41, 5.74) is 2.19. The molecule has 4 heteroatoms. The van der Waals surface area contributed by atoms with E-state index in [9.17, 15) is 4.39 Å². The van der Waals surface area contributed by atoms with Crippen LogP contribution in [0.15, 0.2) is 54.9 Å². The van der Waals surface area contributed by atoms with Gasteiger partial charge < -0.3 is 4.74 Å². The minimum Gasteiger partial charge on any atom is -0.486 e. The molecular weight excluding hydrogens is 243 g/mol. The van der Waals surface area contributed by atoms with Crippen LogP contribution in [0.2, 0.25) is 0 Å². The molecule has 1 aromatic heterocycles. The lowest BCUT2D eigenvalue weighted by Gasteiger charge is -2.05. The van der Waals surface area contributed by atoms with Crippen molar-refractivity contribution in [2.24, 2.45) is 0 Å². The lowest BCUT2D eigenvalue weighted by molar-refractivity contribution is -0.671. The Labute approximate surface area is 110 Å². The monoisotopic (exact) mass is 257 g/mol. The van der Waals surface area contributed by atoms with E-state index in [2.05, 4.69) is 9.55 Å². The van der Waals surface area contributed by atoms with E-state index < -0.39 is 0 Å². The normalized spacial score (nSPS) is 10.8. The zero-order valence-electron chi connectivity index (χ0n) is 10.3. The number of nitrogens with one attached hydrogen (secondary N) is 1. The zero-order chi connectivity index (χ0) is 13.1. The van der Waals surface area contributed by atoms with Crippen LogP contribution in [0.1, 0.15) is 0 Å². The Hall–Kier alpha value is -2.36. The number of hydrogen-bond acceptors (Lipinski definition) is 1. The Balaban J connectivity index is 1.68. The number of H-pyrrole nitrogens is 1. The van der Waals surface area contributed by atoms with Crippen LogP contribution in [-0.2, 0) is 6.54 Å². The van der Waals surface area contributed by atoms with Crippen LogP contribution < -0.4 is 9.30 Å². The largest absolute Gasteiger partial charge is 0.486 e. The highest BCUT2D eigenvalue weighted by Gasteiger charge is 2.08. The molecule has 0 amide bonds. The number of fused-ring (bicyclic) bond motifs is 1. The number of aromatic nitrogens is 2. The minimum absolute atomic E-state index is 0.294.